The van der Waals surface area contributed by atoms with Crippen LogP contribution < -0.4 is 4.74 Å². The van der Waals surface area contributed by atoms with Crippen LogP contribution in [0.15, 0.2) is 67.1 Å². The summed E-state index contributed by atoms with van der Waals surface area (Å²) in [6, 6.07) is 15.8. The van der Waals surface area contributed by atoms with Crippen molar-refractivity contribution in [2.24, 2.45) is 0 Å². The summed E-state index contributed by atoms with van der Waals surface area (Å²) >= 11 is 0. The molecular formula is C24H26N4O2. The quantitative estimate of drug-likeness (QED) is 0.651. The van der Waals surface area contributed by atoms with Gasteiger partial charge >= 0.3 is 6.09 Å². The van der Waals surface area contributed by atoms with Gasteiger partial charge in [0.25, 0.3) is 0 Å². The third-order valence-electron chi connectivity index (χ3n) is 5.25. The fourth-order valence-corrected chi connectivity index (χ4v) is 3.58. The number of pyridine rings is 2. The lowest BCUT2D eigenvalue weighted by molar-refractivity contribution is 0.108. The molecule has 1 aliphatic heterocycles. The number of carbonyl (C=O) groups excluding carboxylic acids is 1. The average Bonchev–Trinajstić information content (AvgIpc) is 2.76. The lowest BCUT2D eigenvalue weighted by atomic mass is 10.1. The van der Waals surface area contributed by atoms with Crippen molar-refractivity contribution in [3.8, 4) is 5.75 Å². The van der Waals surface area contributed by atoms with Crippen molar-refractivity contribution >= 4 is 6.09 Å². The third-order valence-corrected chi connectivity index (χ3v) is 5.25. The molecule has 6 heteroatoms. The van der Waals surface area contributed by atoms with E-state index in [0.29, 0.717) is 18.8 Å². The van der Waals surface area contributed by atoms with Crippen LogP contribution in [0.5, 0.6) is 5.75 Å². The Hall–Kier alpha value is -3.25. The molecule has 1 aromatic carbocycles. The molecular weight excluding hydrogens is 376 g/mol. The van der Waals surface area contributed by atoms with Crippen molar-refractivity contribution in [3.63, 3.8) is 0 Å². The van der Waals surface area contributed by atoms with Crippen LogP contribution in [0.3, 0.4) is 0 Å². The van der Waals surface area contributed by atoms with E-state index in [9.17, 15) is 4.79 Å². The number of carbonyl (C=O) groups is 1. The van der Waals surface area contributed by atoms with E-state index in [0.717, 1.165) is 37.3 Å². The monoisotopic (exact) mass is 402 g/mol. The second-order valence-electron chi connectivity index (χ2n) is 7.64. The first kappa shape index (κ1) is 20.0. The first-order valence-corrected chi connectivity index (χ1v) is 10.2. The molecule has 1 saturated heterocycles. The number of hydrogen-bond acceptors (Lipinski definition) is 5. The minimum absolute atomic E-state index is 0.288. The van der Waals surface area contributed by atoms with E-state index in [-0.39, 0.29) is 6.09 Å². The molecule has 1 aliphatic rings. The van der Waals surface area contributed by atoms with Crippen molar-refractivity contribution in [2.45, 2.75) is 19.9 Å². The maximum absolute atomic E-state index is 12.5. The highest BCUT2D eigenvalue weighted by atomic mass is 16.6. The van der Waals surface area contributed by atoms with Gasteiger partial charge in [-0.05, 0) is 53.9 Å². The summed E-state index contributed by atoms with van der Waals surface area (Å²) in [5.41, 5.74) is 4.56. The Morgan fingerprint density at radius 3 is 2.50 bits per heavy atom. The molecule has 154 valence electrons. The number of benzene rings is 1. The summed E-state index contributed by atoms with van der Waals surface area (Å²) in [7, 11) is 0. The van der Waals surface area contributed by atoms with Crippen LogP contribution in [0.25, 0.3) is 0 Å². The molecule has 0 bridgehead atoms. The molecule has 0 unspecified atom stereocenters. The van der Waals surface area contributed by atoms with Gasteiger partial charge in [0.1, 0.15) is 5.75 Å². The molecule has 0 N–H and O–H groups in total. The predicted molar refractivity (Wildman–Crippen MR) is 115 cm³/mol. The number of ether oxygens (including phenoxy) is 1. The number of rotatable bonds is 5. The minimum Gasteiger partial charge on any atom is -0.410 e. The maximum atomic E-state index is 12.5. The first-order valence-electron chi connectivity index (χ1n) is 10.2. The summed E-state index contributed by atoms with van der Waals surface area (Å²) in [6.45, 7) is 5.89. The van der Waals surface area contributed by atoms with Gasteiger partial charge in [0, 0.05) is 63.4 Å². The van der Waals surface area contributed by atoms with Crippen molar-refractivity contribution in [2.75, 3.05) is 26.2 Å². The van der Waals surface area contributed by atoms with Gasteiger partial charge < -0.3 is 9.64 Å². The maximum Gasteiger partial charge on any atom is 0.415 e. The normalized spacial score (nSPS) is 14.5. The Morgan fingerprint density at radius 1 is 1.00 bits per heavy atom. The van der Waals surface area contributed by atoms with Crippen LogP contribution in [0.2, 0.25) is 0 Å². The molecule has 6 nitrogen and oxygen atoms in total. The molecule has 1 amide bonds. The van der Waals surface area contributed by atoms with Crippen LogP contribution in [0, 0.1) is 6.92 Å². The Balaban J connectivity index is 1.26. The fourth-order valence-electron chi connectivity index (χ4n) is 3.58. The van der Waals surface area contributed by atoms with E-state index in [2.05, 4.69) is 33.9 Å². The molecule has 1 fully saturated rings. The van der Waals surface area contributed by atoms with Gasteiger partial charge in [-0.1, -0.05) is 18.2 Å². The molecule has 0 atom stereocenters. The van der Waals surface area contributed by atoms with Gasteiger partial charge in [-0.3, -0.25) is 14.9 Å². The zero-order valence-corrected chi connectivity index (χ0v) is 17.2. The van der Waals surface area contributed by atoms with E-state index < -0.39 is 0 Å². The lowest BCUT2D eigenvalue weighted by Gasteiger charge is -2.33. The van der Waals surface area contributed by atoms with Crippen molar-refractivity contribution < 1.29 is 9.53 Å². The van der Waals surface area contributed by atoms with Crippen LogP contribution in [0.4, 0.5) is 4.79 Å². The van der Waals surface area contributed by atoms with Gasteiger partial charge in [-0.2, -0.15) is 0 Å². The van der Waals surface area contributed by atoms with Crippen LogP contribution in [-0.2, 0) is 13.0 Å². The highest BCUT2D eigenvalue weighted by Crippen LogP contribution is 2.17. The Kier molecular flexibility index (Phi) is 6.35. The summed E-state index contributed by atoms with van der Waals surface area (Å²) < 4.78 is 5.57. The molecule has 4 rings (SSSR count). The largest absolute Gasteiger partial charge is 0.415 e. The molecule has 3 heterocycles. The minimum atomic E-state index is -0.288. The smallest absolute Gasteiger partial charge is 0.410 e. The lowest BCUT2D eigenvalue weighted by Crippen LogP contribution is -2.49. The van der Waals surface area contributed by atoms with E-state index in [1.54, 1.807) is 11.1 Å². The molecule has 0 radical (unpaired) electrons. The van der Waals surface area contributed by atoms with Crippen molar-refractivity contribution in [1.82, 2.24) is 19.8 Å². The Bertz CT molecular complexity index is 968. The molecule has 0 spiro atoms. The van der Waals surface area contributed by atoms with Gasteiger partial charge in [-0.15, -0.1) is 0 Å². The Morgan fingerprint density at radius 2 is 1.80 bits per heavy atom. The van der Waals surface area contributed by atoms with Crippen LogP contribution in [0.1, 0.15) is 22.4 Å². The van der Waals surface area contributed by atoms with E-state index in [4.69, 9.17) is 4.74 Å². The average molecular weight is 402 g/mol. The first-order chi connectivity index (χ1) is 14.7. The number of piperazine rings is 1. The number of hydrogen-bond donors (Lipinski definition) is 0. The number of aryl methyl sites for hydroxylation is 1. The second-order valence-corrected chi connectivity index (χ2v) is 7.64. The molecule has 2 aromatic heterocycles. The zero-order valence-electron chi connectivity index (χ0n) is 17.2. The molecule has 3 aromatic rings. The summed E-state index contributed by atoms with van der Waals surface area (Å²) in [6.07, 6.45) is 5.97. The SMILES string of the molecule is Cc1ccnc(Cc2ccc(OC(=O)N3CCN(Cc4cccnc4)CC3)cc2)c1. The van der Waals surface area contributed by atoms with Crippen molar-refractivity contribution in [1.29, 1.82) is 0 Å². The molecule has 0 saturated carbocycles. The molecule has 30 heavy (non-hydrogen) atoms. The van der Waals surface area contributed by atoms with Gasteiger partial charge in [0.05, 0.1) is 0 Å². The topological polar surface area (TPSA) is 58.6 Å². The standard InChI is InChI=1S/C24H26N4O2/c1-19-8-10-26-22(15-19)16-20-4-6-23(7-5-20)30-24(29)28-13-11-27(12-14-28)18-21-3-2-9-25-17-21/h2-10,15,17H,11-14,16,18H2,1H3. The number of nitrogens with zero attached hydrogens (tertiary/aromatic N) is 4. The van der Waals surface area contributed by atoms with Crippen molar-refractivity contribution in [3.05, 3.63) is 89.5 Å². The predicted octanol–water partition coefficient (Wildman–Crippen LogP) is 3.69. The summed E-state index contributed by atoms with van der Waals surface area (Å²) in [5, 5.41) is 0. The molecule has 0 aliphatic carbocycles. The van der Waals surface area contributed by atoms with Gasteiger partial charge in [-0.25, -0.2) is 4.79 Å². The number of amides is 1. The van der Waals surface area contributed by atoms with E-state index >= 15 is 0 Å². The zero-order chi connectivity index (χ0) is 20.8. The van der Waals surface area contributed by atoms with Crippen LogP contribution in [-0.4, -0.2) is 52.0 Å². The van der Waals surface area contributed by atoms with E-state index in [1.807, 2.05) is 48.8 Å². The second kappa shape index (κ2) is 9.50. The van der Waals surface area contributed by atoms with Gasteiger partial charge in [0.15, 0.2) is 0 Å². The summed E-state index contributed by atoms with van der Waals surface area (Å²) in [5.74, 6) is 0.568. The summed E-state index contributed by atoms with van der Waals surface area (Å²) in [4.78, 5) is 25.2. The number of aromatic nitrogens is 2. The highest BCUT2D eigenvalue weighted by Gasteiger charge is 2.22. The highest BCUT2D eigenvalue weighted by molar-refractivity contribution is 5.70. The van der Waals surface area contributed by atoms with Crippen LogP contribution >= 0.6 is 0 Å². The van der Waals surface area contributed by atoms with Gasteiger partial charge in [0.2, 0.25) is 0 Å². The van der Waals surface area contributed by atoms with E-state index in [1.165, 1.54) is 11.1 Å². The third kappa shape index (κ3) is 5.42. The Labute approximate surface area is 177 Å². The fraction of sp³-hybridized carbons (Fsp3) is 0.292.